The van der Waals surface area contributed by atoms with E-state index in [0.29, 0.717) is 5.57 Å². The molecule has 1 atom stereocenters. The SMILES string of the molecule is O=C(O)CCOC(=O)C1=CC2=COC3=C(CCC=C3)SC2C=C1. The molecule has 0 spiro atoms. The summed E-state index contributed by atoms with van der Waals surface area (Å²) < 4.78 is 10.7. The molecule has 1 aliphatic heterocycles. The van der Waals surface area contributed by atoms with Crippen LogP contribution in [0.1, 0.15) is 19.3 Å². The van der Waals surface area contributed by atoms with Crippen molar-refractivity contribution in [3.05, 3.63) is 58.5 Å². The van der Waals surface area contributed by atoms with Crippen LogP contribution in [0, 0.1) is 0 Å². The molecule has 0 aromatic carbocycles. The molecule has 120 valence electrons. The van der Waals surface area contributed by atoms with Gasteiger partial charge in [-0.1, -0.05) is 18.2 Å². The van der Waals surface area contributed by atoms with Gasteiger partial charge in [-0.3, -0.25) is 4.79 Å². The van der Waals surface area contributed by atoms with Crippen molar-refractivity contribution in [2.75, 3.05) is 6.61 Å². The topological polar surface area (TPSA) is 72.8 Å². The predicted molar refractivity (Wildman–Crippen MR) is 86.4 cm³/mol. The normalized spacial score (nSPS) is 22.2. The van der Waals surface area contributed by atoms with E-state index < -0.39 is 11.9 Å². The van der Waals surface area contributed by atoms with Crippen molar-refractivity contribution in [3.8, 4) is 0 Å². The van der Waals surface area contributed by atoms with Crippen LogP contribution in [-0.4, -0.2) is 28.9 Å². The minimum Gasteiger partial charge on any atom is -0.481 e. The molecule has 0 bridgehead atoms. The number of ether oxygens (including phenoxy) is 2. The summed E-state index contributed by atoms with van der Waals surface area (Å²) in [6.07, 6.45) is 12.9. The van der Waals surface area contributed by atoms with Crippen molar-refractivity contribution in [3.63, 3.8) is 0 Å². The van der Waals surface area contributed by atoms with Gasteiger partial charge < -0.3 is 14.6 Å². The third-order valence-electron chi connectivity index (χ3n) is 3.56. The zero-order valence-corrected chi connectivity index (χ0v) is 13.2. The molecule has 5 nitrogen and oxygen atoms in total. The summed E-state index contributed by atoms with van der Waals surface area (Å²) in [5.74, 6) is -0.642. The van der Waals surface area contributed by atoms with Crippen molar-refractivity contribution >= 4 is 23.7 Å². The Kier molecular flexibility index (Phi) is 4.71. The lowest BCUT2D eigenvalue weighted by molar-refractivity contribution is -0.143. The number of carboxylic acid groups (broad SMARTS) is 1. The van der Waals surface area contributed by atoms with Gasteiger partial charge in [0.1, 0.15) is 12.4 Å². The summed E-state index contributed by atoms with van der Waals surface area (Å²) in [4.78, 5) is 23.6. The van der Waals surface area contributed by atoms with Crippen LogP contribution >= 0.6 is 11.8 Å². The Morgan fingerprint density at radius 1 is 1.39 bits per heavy atom. The van der Waals surface area contributed by atoms with Crippen LogP contribution < -0.4 is 0 Å². The second-order valence-corrected chi connectivity index (χ2v) is 6.48. The molecule has 0 aromatic heterocycles. The van der Waals surface area contributed by atoms with Crippen molar-refractivity contribution in [2.45, 2.75) is 24.5 Å². The molecule has 0 fully saturated rings. The quantitative estimate of drug-likeness (QED) is 0.798. The number of carbonyl (C=O) groups is 2. The Bertz CT molecular complexity index is 681. The largest absolute Gasteiger partial charge is 0.481 e. The van der Waals surface area contributed by atoms with Crippen molar-refractivity contribution in [1.29, 1.82) is 0 Å². The molecule has 2 aliphatic carbocycles. The summed E-state index contributed by atoms with van der Waals surface area (Å²) in [5.41, 5.74) is 1.29. The number of aliphatic carboxylic acids is 1. The van der Waals surface area contributed by atoms with Crippen molar-refractivity contribution < 1.29 is 24.2 Å². The van der Waals surface area contributed by atoms with Gasteiger partial charge in [-0.2, -0.15) is 0 Å². The average Bonchev–Trinajstić information content (AvgIpc) is 2.72. The van der Waals surface area contributed by atoms with E-state index in [-0.39, 0.29) is 18.3 Å². The lowest BCUT2D eigenvalue weighted by atomic mass is 10.0. The molecule has 1 unspecified atom stereocenters. The predicted octanol–water partition coefficient (Wildman–Crippen LogP) is 3.08. The highest BCUT2D eigenvalue weighted by Gasteiger charge is 2.25. The first-order valence-electron chi connectivity index (χ1n) is 7.35. The van der Waals surface area contributed by atoms with E-state index in [9.17, 15) is 9.59 Å². The number of allylic oxidation sites excluding steroid dienone is 4. The minimum absolute atomic E-state index is 0.115. The first kappa shape index (κ1) is 15.7. The van der Waals surface area contributed by atoms with Gasteiger partial charge in [-0.05, 0) is 25.0 Å². The Labute approximate surface area is 138 Å². The smallest absolute Gasteiger partial charge is 0.338 e. The van der Waals surface area contributed by atoms with Crippen LogP contribution in [0.3, 0.4) is 0 Å². The molecule has 1 N–H and O–H groups in total. The molecular formula is C17H16O5S. The number of hydrogen-bond acceptors (Lipinski definition) is 5. The van der Waals surface area contributed by atoms with E-state index >= 15 is 0 Å². The molecule has 1 heterocycles. The number of thioether (sulfide) groups is 1. The molecule has 0 saturated carbocycles. The van der Waals surface area contributed by atoms with Crippen molar-refractivity contribution in [2.24, 2.45) is 0 Å². The summed E-state index contributed by atoms with van der Waals surface area (Å²) in [6, 6.07) is 0. The molecule has 0 aromatic rings. The van der Waals surface area contributed by atoms with Gasteiger partial charge in [0.05, 0.1) is 23.5 Å². The van der Waals surface area contributed by atoms with Crippen LogP contribution in [0.5, 0.6) is 0 Å². The fraction of sp³-hybridized carbons (Fsp3) is 0.294. The fourth-order valence-electron chi connectivity index (χ4n) is 2.39. The van der Waals surface area contributed by atoms with E-state index in [2.05, 4.69) is 6.08 Å². The third kappa shape index (κ3) is 3.76. The van der Waals surface area contributed by atoms with Gasteiger partial charge in [-0.25, -0.2) is 4.79 Å². The number of esters is 1. The van der Waals surface area contributed by atoms with E-state index in [1.807, 2.05) is 12.2 Å². The van der Waals surface area contributed by atoms with Gasteiger partial charge in [0.2, 0.25) is 0 Å². The Balaban J connectivity index is 1.68. The number of carboxylic acids is 1. The monoisotopic (exact) mass is 332 g/mol. The van der Waals surface area contributed by atoms with E-state index in [1.54, 1.807) is 30.2 Å². The first-order chi connectivity index (χ1) is 11.1. The highest BCUT2D eigenvalue weighted by Crippen LogP contribution is 2.40. The van der Waals surface area contributed by atoms with Gasteiger partial charge in [-0.15, -0.1) is 11.8 Å². The molecule has 0 saturated heterocycles. The molecule has 6 heteroatoms. The number of fused-ring (bicyclic) bond motifs is 1. The van der Waals surface area contributed by atoms with Gasteiger partial charge in [0, 0.05) is 10.5 Å². The first-order valence-corrected chi connectivity index (χ1v) is 8.23. The van der Waals surface area contributed by atoms with E-state index in [4.69, 9.17) is 14.6 Å². The second kappa shape index (κ2) is 6.91. The van der Waals surface area contributed by atoms with E-state index in [0.717, 1.165) is 24.2 Å². The van der Waals surface area contributed by atoms with Gasteiger partial charge in [0.15, 0.2) is 0 Å². The number of hydrogen-bond donors (Lipinski definition) is 1. The summed E-state index contributed by atoms with van der Waals surface area (Å²) in [6.45, 7) is -0.131. The van der Waals surface area contributed by atoms with Crippen LogP contribution in [0.4, 0.5) is 0 Å². The summed E-state index contributed by atoms with van der Waals surface area (Å²) in [5, 5.41) is 8.68. The maximum Gasteiger partial charge on any atom is 0.338 e. The number of rotatable bonds is 4. The van der Waals surface area contributed by atoms with Crippen LogP contribution in [-0.2, 0) is 19.1 Å². The summed E-state index contributed by atoms with van der Waals surface area (Å²) >= 11 is 1.73. The fourth-order valence-corrected chi connectivity index (χ4v) is 3.58. The lowest BCUT2D eigenvalue weighted by Gasteiger charge is -2.18. The average molecular weight is 332 g/mol. The maximum atomic E-state index is 12.0. The standard InChI is InChI=1S/C17H16O5S/c18-16(19)7-8-21-17(20)11-5-6-14-12(9-11)10-22-13-3-1-2-4-15(13)23-14/h1,3,5-6,9-10,14H,2,4,7-8H2,(H,18,19). The zero-order valence-electron chi connectivity index (χ0n) is 12.4. The molecule has 0 amide bonds. The van der Waals surface area contributed by atoms with E-state index in [1.165, 1.54) is 4.91 Å². The zero-order chi connectivity index (χ0) is 16.2. The Hall–Kier alpha value is -2.21. The third-order valence-corrected chi connectivity index (χ3v) is 4.93. The van der Waals surface area contributed by atoms with Crippen LogP contribution in [0.2, 0.25) is 0 Å². The molecular weight excluding hydrogens is 316 g/mol. The highest BCUT2D eigenvalue weighted by molar-refractivity contribution is 8.04. The highest BCUT2D eigenvalue weighted by atomic mass is 32.2. The number of carbonyl (C=O) groups excluding carboxylic acids is 1. The molecule has 3 aliphatic rings. The lowest BCUT2D eigenvalue weighted by Crippen LogP contribution is -2.14. The van der Waals surface area contributed by atoms with Crippen LogP contribution in [0.15, 0.2) is 58.5 Å². The summed E-state index contributed by atoms with van der Waals surface area (Å²) in [7, 11) is 0. The van der Waals surface area contributed by atoms with Gasteiger partial charge >= 0.3 is 11.9 Å². The van der Waals surface area contributed by atoms with Crippen molar-refractivity contribution in [1.82, 2.24) is 0 Å². The Morgan fingerprint density at radius 2 is 2.26 bits per heavy atom. The Morgan fingerprint density at radius 3 is 3.09 bits per heavy atom. The van der Waals surface area contributed by atoms with Crippen LogP contribution in [0.25, 0.3) is 0 Å². The molecule has 23 heavy (non-hydrogen) atoms. The molecule has 3 rings (SSSR count). The van der Waals surface area contributed by atoms with Gasteiger partial charge in [0.25, 0.3) is 0 Å². The maximum absolute atomic E-state index is 12.0. The minimum atomic E-state index is -0.994. The second-order valence-electron chi connectivity index (χ2n) is 5.24. The molecule has 0 radical (unpaired) electrons.